The van der Waals surface area contributed by atoms with Crippen molar-refractivity contribution in [3.05, 3.63) is 12.3 Å². The third-order valence-electron chi connectivity index (χ3n) is 0.561. The van der Waals surface area contributed by atoms with Crippen LogP contribution < -0.4 is 5.73 Å². The standard InChI is InChI=1S/C5H7NO4/c6-4(8)1-2-10-5(9)3-7/h1-2,7H,3H2,(H2,6,8). The summed E-state index contributed by atoms with van der Waals surface area (Å²) in [4.78, 5) is 20.1. The molecule has 1 amide bonds. The maximum absolute atomic E-state index is 10.1. The zero-order valence-electron chi connectivity index (χ0n) is 5.11. The van der Waals surface area contributed by atoms with Crippen molar-refractivity contribution >= 4 is 11.9 Å². The third-order valence-corrected chi connectivity index (χ3v) is 0.561. The molecule has 0 aromatic heterocycles. The van der Waals surface area contributed by atoms with Gasteiger partial charge in [0.15, 0.2) is 0 Å². The number of carbonyl (C=O) groups is 2. The second-order valence-electron chi connectivity index (χ2n) is 1.35. The Balaban J connectivity index is 3.53. The van der Waals surface area contributed by atoms with Crippen LogP contribution >= 0.6 is 0 Å². The molecule has 0 aliphatic rings. The lowest BCUT2D eigenvalue weighted by Crippen LogP contribution is -2.08. The number of aliphatic hydroxyl groups is 1. The molecule has 0 saturated heterocycles. The SMILES string of the molecule is NC(=O)C=COC(=O)CO. The molecule has 0 aliphatic carbocycles. The molecular weight excluding hydrogens is 138 g/mol. The van der Waals surface area contributed by atoms with Gasteiger partial charge in [-0.05, 0) is 0 Å². The lowest BCUT2D eigenvalue weighted by atomic mass is 10.6. The quantitative estimate of drug-likeness (QED) is 0.288. The van der Waals surface area contributed by atoms with Crippen LogP contribution in [0.3, 0.4) is 0 Å². The Labute approximate surface area is 57.1 Å². The lowest BCUT2D eigenvalue weighted by molar-refractivity contribution is -0.141. The molecule has 0 bridgehead atoms. The largest absolute Gasteiger partial charge is 0.433 e. The first kappa shape index (κ1) is 8.64. The van der Waals surface area contributed by atoms with E-state index in [9.17, 15) is 9.59 Å². The van der Waals surface area contributed by atoms with Crippen molar-refractivity contribution in [3.8, 4) is 0 Å². The summed E-state index contributed by atoms with van der Waals surface area (Å²) < 4.78 is 4.13. The van der Waals surface area contributed by atoms with E-state index in [-0.39, 0.29) is 0 Å². The second kappa shape index (κ2) is 4.51. The molecule has 0 atom stereocenters. The average molecular weight is 145 g/mol. The van der Waals surface area contributed by atoms with Crippen molar-refractivity contribution in [2.24, 2.45) is 5.73 Å². The van der Waals surface area contributed by atoms with Crippen molar-refractivity contribution in [3.63, 3.8) is 0 Å². The van der Waals surface area contributed by atoms with Gasteiger partial charge >= 0.3 is 5.97 Å². The van der Waals surface area contributed by atoms with E-state index in [4.69, 9.17) is 5.11 Å². The molecule has 56 valence electrons. The number of hydrogen-bond acceptors (Lipinski definition) is 4. The van der Waals surface area contributed by atoms with E-state index in [2.05, 4.69) is 10.5 Å². The van der Waals surface area contributed by atoms with Gasteiger partial charge in [-0.15, -0.1) is 0 Å². The Morgan fingerprint density at radius 3 is 2.60 bits per heavy atom. The Morgan fingerprint density at radius 1 is 1.60 bits per heavy atom. The van der Waals surface area contributed by atoms with Gasteiger partial charge in [-0.3, -0.25) is 4.79 Å². The Bertz CT molecular complexity index is 163. The Hall–Kier alpha value is -1.36. The monoisotopic (exact) mass is 145 g/mol. The second-order valence-corrected chi connectivity index (χ2v) is 1.35. The molecule has 0 aliphatic heterocycles. The first-order chi connectivity index (χ1) is 4.66. The highest BCUT2D eigenvalue weighted by Gasteiger charge is 1.94. The van der Waals surface area contributed by atoms with Crippen molar-refractivity contribution < 1.29 is 19.4 Å². The molecule has 0 spiro atoms. The number of hydrogen-bond donors (Lipinski definition) is 2. The Morgan fingerprint density at radius 2 is 2.20 bits per heavy atom. The number of primary amides is 1. The van der Waals surface area contributed by atoms with Gasteiger partial charge in [0, 0.05) is 6.08 Å². The van der Waals surface area contributed by atoms with Crippen LogP contribution in [0.25, 0.3) is 0 Å². The third kappa shape index (κ3) is 4.79. The van der Waals surface area contributed by atoms with E-state index in [0.717, 1.165) is 12.3 Å². The van der Waals surface area contributed by atoms with Crippen LogP contribution in [0.1, 0.15) is 0 Å². The van der Waals surface area contributed by atoms with Crippen LogP contribution in [0.2, 0.25) is 0 Å². The average Bonchev–Trinajstić information content (AvgIpc) is 1.87. The molecule has 5 heteroatoms. The van der Waals surface area contributed by atoms with Crippen LogP contribution in [-0.2, 0) is 14.3 Å². The van der Waals surface area contributed by atoms with E-state index in [1.165, 1.54) is 0 Å². The molecule has 0 aromatic rings. The number of esters is 1. The van der Waals surface area contributed by atoms with Crippen molar-refractivity contribution in [1.29, 1.82) is 0 Å². The molecule has 0 heterocycles. The van der Waals surface area contributed by atoms with Crippen LogP contribution in [0.5, 0.6) is 0 Å². The number of carbonyl (C=O) groups excluding carboxylic acids is 2. The van der Waals surface area contributed by atoms with Gasteiger partial charge in [0.05, 0.1) is 6.26 Å². The fourth-order valence-corrected chi connectivity index (χ4v) is 0.214. The first-order valence-electron chi connectivity index (χ1n) is 2.43. The lowest BCUT2D eigenvalue weighted by Gasteiger charge is -1.90. The van der Waals surface area contributed by atoms with Crippen molar-refractivity contribution in [2.75, 3.05) is 6.61 Å². The molecule has 10 heavy (non-hydrogen) atoms. The molecule has 0 fully saturated rings. The summed E-state index contributed by atoms with van der Waals surface area (Å²) in [6.07, 6.45) is 1.69. The van der Waals surface area contributed by atoms with E-state index >= 15 is 0 Å². The maximum Gasteiger partial charge on any atom is 0.336 e. The molecule has 0 unspecified atom stereocenters. The molecular formula is C5H7NO4. The van der Waals surface area contributed by atoms with E-state index in [0.29, 0.717) is 0 Å². The van der Waals surface area contributed by atoms with Crippen molar-refractivity contribution in [1.82, 2.24) is 0 Å². The predicted molar refractivity (Wildman–Crippen MR) is 31.5 cm³/mol. The normalized spacial score (nSPS) is 9.70. The molecule has 0 saturated carbocycles. The fraction of sp³-hybridized carbons (Fsp3) is 0.200. The molecule has 5 nitrogen and oxygen atoms in total. The van der Waals surface area contributed by atoms with Gasteiger partial charge in [0.25, 0.3) is 0 Å². The summed E-state index contributed by atoms with van der Waals surface area (Å²) in [7, 11) is 0. The number of nitrogens with two attached hydrogens (primary N) is 1. The van der Waals surface area contributed by atoms with Gasteiger partial charge in [0.2, 0.25) is 5.91 Å². The smallest absolute Gasteiger partial charge is 0.336 e. The van der Waals surface area contributed by atoms with Crippen LogP contribution in [0, 0.1) is 0 Å². The minimum Gasteiger partial charge on any atom is -0.433 e. The summed E-state index contributed by atoms with van der Waals surface area (Å²) in [5.74, 6) is -1.55. The summed E-state index contributed by atoms with van der Waals surface area (Å²) in [6.45, 7) is -0.719. The zero-order chi connectivity index (χ0) is 7.98. The van der Waals surface area contributed by atoms with Gasteiger partial charge in [-0.1, -0.05) is 0 Å². The number of ether oxygens (including phenoxy) is 1. The van der Waals surface area contributed by atoms with Gasteiger partial charge in [-0.2, -0.15) is 0 Å². The molecule has 0 rings (SSSR count). The topological polar surface area (TPSA) is 89.6 Å². The highest BCUT2D eigenvalue weighted by molar-refractivity contribution is 5.85. The van der Waals surface area contributed by atoms with Crippen LogP contribution in [-0.4, -0.2) is 23.6 Å². The van der Waals surface area contributed by atoms with E-state index in [1.807, 2.05) is 0 Å². The van der Waals surface area contributed by atoms with E-state index in [1.54, 1.807) is 0 Å². The molecule has 0 radical (unpaired) electrons. The molecule has 3 N–H and O–H groups in total. The summed E-state index contributed by atoms with van der Waals surface area (Å²) >= 11 is 0. The maximum atomic E-state index is 10.1. The van der Waals surface area contributed by atoms with Crippen molar-refractivity contribution in [2.45, 2.75) is 0 Å². The highest BCUT2D eigenvalue weighted by Crippen LogP contribution is 1.77. The number of rotatable bonds is 3. The van der Waals surface area contributed by atoms with Crippen LogP contribution in [0.15, 0.2) is 12.3 Å². The number of aliphatic hydroxyl groups excluding tert-OH is 1. The molecule has 0 aromatic carbocycles. The number of amides is 1. The Kier molecular flexibility index (Phi) is 3.90. The summed E-state index contributed by atoms with van der Waals surface area (Å²) in [6, 6.07) is 0. The first-order valence-corrected chi connectivity index (χ1v) is 2.43. The van der Waals surface area contributed by atoms with Crippen LogP contribution in [0.4, 0.5) is 0 Å². The minimum atomic E-state index is -0.836. The summed E-state index contributed by atoms with van der Waals surface area (Å²) in [5, 5.41) is 8.08. The van der Waals surface area contributed by atoms with Gasteiger partial charge in [0.1, 0.15) is 6.61 Å². The fourth-order valence-electron chi connectivity index (χ4n) is 0.214. The van der Waals surface area contributed by atoms with Gasteiger partial charge < -0.3 is 15.6 Å². The summed E-state index contributed by atoms with van der Waals surface area (Å²) in [5.41, 5.74) is 4.64. The predicted octanol–water partition coefficient (Wildman–Crippen LogP) is -1.48. The zero-order valence-corrected chi connectivity index (χ0v) is 5.11. The minimum absolute atomic E-state index is 0.717. The van der Waals surface area contributed by atoms with Gasteiger partial charge in [-0.25, -0.2) is 4.79 Å². The highest BCUT2D eigenvalue weighted by atomic mass is 16.5. The van der Waals surface area contributed by atoms with E-state index < -0.39 is 18.5 Å².